The molecule has 0 aromatic heterocycles. The molecule has 0 amide bonds. The molecule has 98 valence electrons. The van der Waals surface area contributed by atoms with Gasteiger partial charge >= 0.3 is 0 Å². The first-order valence-electron chi connectivity index (χ1n) is 6.85. The number of fused-ring (bicyclic) bond motifs is 1. The Hall–Kier alpha value is -1.78. The predicted molar refractivity (Wildman–Crippen MR) is 81.0 cm³/mol. The molecule has 1 unspecified atom stereocenters. The third-order valence-corrected chi connectivity index (χ3v) is 3.23. The van der Waals surface area contributed by atoms with Gasteiger partial charge in [-0.2, -0.15) is 0 Å². The minimum Gasteiger partial charge on any atom is -0.364 e. The second-order valence-corrected chi connectivity index (χ2v) is 4.61. The first-order chi connectivity index (χ1) is 9.36. The Morgan fingerprint density at radius 3 is 2.68 bits per heavy atom. The van der Waals surface area contributed by atoms with Crippen LogP contribution in [0.3, 0.4) is 0 Å². The number of rotatable bonds is 4. The van der Waals surface area contributed by atoms with Gasteiger partial charge < -0.3 is 4.74 Å². The fraction of sp³-hybridized carbons (Fsp3) is 0.333. The minimum atomic E-state index is -0.136. The molecule has 1 heteroatoms. The van der Waals surface area contributed by atoms with Crippen LogP contribution in [0.2, 0.25) is 0 Å². The molecule has 1 atom stereocenters. The number of ether oxygens (including phenoxy) is 1. The van der Waals surface area contributed by atoms with Gasteiger partial charge in [-0.05, 0) is 17.2 Å². The maximum absolute atomic E-state index is 5.55. The van der Waals surface area contributed by atoms with Gasteiger partial charge in [-0.3, -0.25) is 0 Å². The molecule has 0 fully saturated rings. The number of unbranched alkanes of at least 4 members (excludes halogenated alkanes) is 2. The van der Waals surface area contributed by atoms with Crippen molar-refractivity contribution < 1.29 is 4.74 Å². The van der Waals surface area contributed by atoms with Gasteiger partial charge in [-0.15, -0.1) is 5.92 Å². The molecule has 0 aliphatic rings. The van der Waals surface area contributed by atoms with Crippen molar-refractivity contribution in [1.29, 1.82) is 0 Å². The van der Waals surface area contributed by atoms with E-state index in [1.165, 1.54) is 17.2 Å². The monoisotopic (exact) mass is 252 g/mol. The van der Waals surface area contributed by atoms with Crippen molar-refractivity contribution in [2.24, 2.45) is 0 Å². The highest BCUT2D eigenvalue weighted by molar-refractivity contribution is 5.86. The molecule has 1 nitrogen and oxygen atoms in total. The van der Waals surface area contributed by atoms with E-state index in [-0.39, 0.29) is 6.10 Å². The van der Waals surface area contributed by atoms with Crippen LogP contribution in [0, 0.1) is 11.8 Å². The van der Waals surface area contributed by atoms with E-state index in [2.05, 4.69) is 61.2 Å². The van der Waals surface area contributed by atoms with Gasteiger partial charge in [0.15, 0.2) is 0 Å². The van der Waals surface area contributed by atoms with Crippen LogP contribution in [0.25, 0.3) is 10.8 Å². The summed E-state index contributed by atoms with van der Waals surface area (Å²) in [5.41, 5.74) is 1.16. The lowest BCUT2D eigenvalue weighted by molar-refractivity contribution is 0.151. The summed E-state index contributed by atoms with van der Waals surface area (Å²) in [6.45, 7) is 2.18. The van der Waals surface area contributed by atoms with Gasteiger partial charge in [-0.1, -0.05) is 61.7 Å². The first-order valence-corrected chi connectivity index (χ1v) is 6.85. The van der Waals surface area contributed by atoms with Crippen LogP contribution >= 0.6 is 0 Å². The average Bonchev–Trinajstić information content (AvgIpc) is 2.47. The zero-order valence-electron chi connectivity index (χ0n) is 11.6. The van der Waals surface area contributed by atoms with Gasteiger partial charge in [0.25, 0.3) is 0 Å². The van der Waals surface area contributed by atoms with Crippen LogP contribution in [0.5, 0.6) is 0 Å². The molecule has 0 aliphatic heterocycles. The Bertz CT molecular complexity index is 584. The molecule has 0 N–H and O–H groups in total. The van der Waals surface area contributed by atoms with Crippen molar-refractivity contribution >= 4 is 10.8 Å². The predicted octanol–water partition coefficient (Wildman–Crippen LogP) is 4.72. The van der Waals surface area contributed by atoms with Gasteiger partial charge in [-0.25, -0.2) is 0 Å². The van der Waals surface area contributed by atoms with E-state index in [0.29, 0.717) is 0 Å². The second-order valence-electron chi connectivity index (χ2n) is 4.61. The van der Waals surface area contributed by atoms with Gasteiger partial charge in [0.1, 0.15) is 6.10 Å². The standard InChI is InChI=1S/C18H20O/c1-3-4-5-6-14-18(19-2)17-13-9-11-15-10-7-8-12-16(15)17/h7-13,18H,3-5H2,1-2H3. The molecule has 2 rings (SSSR count). The van der Waals surface area contributed by atoms with Gasteiger partial charge in [0.05, 0.1) is 0 Å². The molecule has 0 saturated carbocycles. The number of benzene rings is 2. The largest absolute Gasteiger partial charge is 0.364 e. The van der Waals surface area contributed by atoms with E-state index in [4.69, 9.17) is 4.74 Å². The number of hydrogen-bond acceptors (Lipinski definition) is 1. The summed E-state index contributed by atoms with van der Waals surface area (Å²) in [4.78, 5) is 0. The zero-order valence-corrected chi connectivity index (χ0v) is 11.6. The fourth-order valence-electron chi connectivity index (χ4n) is 2.17. The Kier molecular flexibility index (Phi) is 5.01. The van der Waals surface area contributed by atoms with Crippen LogP contribution in [0.1, 0.15) is 37.9 Å². The Balaban J connectivity index is 2.32. The van der Waals surface area contributed by atoms with Crippen molar-refractivity contribution in [3.63, 3.8) is 0 Å². The molecule has 19 heavy (non-hydrogen) atoms. The molecule has 0 radical (unpaired) electrons. The lowest BCUT2D eigenvalue weighted by Crippen LogP contribution is -1.99. The summed E-state index contributed by atoms with van der Waals surface area (Å²) in [5.74, 6) is 6.47. The number of hydrogen-bond donors (Lipinski definition) is 0. The third kappa shape index (κ3) is 3.36. The lowest BCUT2D eigenvalue weighted by atomic mass is 10.0. The minimum absolute atomic E-state index is 0.136. The quantitative estimate of drug-likeness (QED) is 0.565. The molecule has 0 saturated heterocycles. The summed E-state index contributed by atoms with van der Waals surface area (Å²) in [7, 11) is 1.72. The van der Waals surface area contributed by atoms with E-state index in [0.717, 1.165) is 18.4 Å². The van der Waals surface area contributed by atoms with Crippen LogP contribution in [-0.4, -0.2) is 7.11 Å². The smallest absolute Gasteiger partial charge is 0.143 e. The van der Waals surface area contributed by atoms with Crippen molar-refractivity contribution in [3.8, 4) is 11.8 Å². The first kappa shape index (κ1) is 13.6. The molecular formula is C18H20O. The highest BCUT2D eigenvalue weighted by atomic mass is 16.5. The van der Waals surface area contributed by atoms with Gasteiger partial charge in [0, 0.05) is 19.1 Å². The summed E-state index contributed by atoms with van der Waals surface area (Å²) in [6.07, 6.45) is 3.14. The van der Waals surface area contributed by atoms with E-state index in [9.17, 15) is 0 Å². The SMILES string of the molecule is CCCCC#CC(OC)c1cccc2ccccc12. The maximum Gasteiger partial charge on any atom is 0.143 e. The molecule has 0 bridgehead atoms. The molecular weight excluding hydrogens is 232 g/mol. The van der Waals surface area contributed by atoms with Crippen LogP contribution in [0.15, 0.2) is 42.5 Å². The van der Waals surface area contributed by atoms with E-state index in [1.807, 2.05) is 0 Å². The van der Waals surface area contributed by atoms with Crippen LogP contribution in [0.4, 0.5) is 0 Å². The maximum atomic E-state index is 5.55. The van der Waals surface area contributed by atoms with Crippen molar-refractivity contribution in [1.82, 2.24) is 0 Å². The third-order valence-electron chi connectivity index (χ3n) is 3.23. The Labute approximate surface area is 115 Å². The molecule has 0 heterocycles. The fourth-order valence-corrected chi connectivity index (χ4v) is 2.17. The molecule has 2 aromatic carbocycles. The van der Waals surface area contributed by atoms with Gasteiger partial charge in [0.2, 0.25) is 0 Å². The summed E-state index contributed by atoms with van der Waals surface area (Å²) < 4.78 is 5.55. The van der Waals surface area contributed by atoms with Crippen LogP contribution in [-0.2, 0) is 4.74 Å². The summed E-state index contributed by atoms with van der Waals surface area (Å²) in [6, 6.07) is 14.7. The topological polar surface area (TPSA) is 9.23 Å². The van der Waals surface area contributed by atoms with E-state index in [1.54, 1.807) is 7.11 Å². The van der Waals surface area contributed by atoms with Crippen LogP contribution < -0.4 is 0 Å². The Morgan fingerprint density at radius 2 is 1.89 bits per heavy atom. The average molecular weight is 252 g/mol. The normalized spacial score (nSPS) is 11.9. The summed E-state index contributed by atoms with van der Waals surface area (Å²) >= 11 is 0. The molecule has 2 aromatic rings. The number of methoxy groups -OCH3 is 1. The van der Waals surface area contributed by atoms with E-state index >= 15 is 0 Å². The lowest BCUT2D eigenvalue weighted by Gasteiger charge is -2.12. The second kappa shape index (κ2) is 6.97. The van der Waals surface area contributed by atoms with Crippen molar-refractivity contribution in [2.75, 3.05) is 7.11 Å². The van der Waals surface area contributed by atoms with Crippen molar-refractivity contribution in [3.05, 3.63) is 48.0 Å². The van der Waals surface area contributed by atoms with Crippen molar-refractivity contribution in [2.45, 2.75) is 32.3 Å². The highest BCUT2D eigenvalue weighted by Crippen LogP contribution is 2.25. The molecule has 0 spiro atoms. The Morgan fingerprint density at radius 1 is 1.11 bits per heavy atom. The zero-order chi connectivity index (χ0) is 13.5. The van der Waals surface area contributed by atoms with E-state index < -0.39 is 0 Å². The molecule has 0 aliphatic carbocycles. The highest BCUT2D eigenvalue weighted by Gasteiger charge is 2.10. The summed E-state index contributed by atoms with van der Waals surface area (Å²) in [5, 5.41) is 2.46.